The maximum atomic E-state index is 12.1. The van der Waals surface area contributed by atoms with E-state index in [1.807, 2.05) is 28.8 Å². The van der Waals surface area contributed by atoms with Gasteiger partial charge in [-0.25, -0.2) is 0 Å². The molecule has 0 saturated heterocycles. The van der Waals surface area contributed by atoms with Gasteiger partial charge in [0.25, 0.3) is 0 Å². The molecule has 136 valence electrons. The number of hydrogen-bond donors (Lipinski definition) is 1. The molecule has 2 heterocycles. The maximum absolute atomic E-state index is 12.1. The van der Waals surface area contributed by atoms with E-state index in [-0.39, 0.29) is 11.7 Å². The SMILES string of the molecule is CCCn1c(SCC(=O)Nc2cc(C)no2)nnc1-c1ccc(Cl)cc1. The van der Waals surface area contributed by atoms with Gasteiger partial charge in [0.15, 0.2) is 11.0 Å². The molecule has 1 amide bonds. The normalized spacial score (nSPS) is 10.9. The van der Waals surface area contributed by atoms with E-state index < -0.39 is 0 Å². The van der Waals surface area contributed by atoms with Crippen molar-refractivity contribution in [3.8, 4) is 11.4 Å². The Kier molecular flexibility index (Phi) is 5.95. The van der Waals surface area contributed by atoms with Crippen molar-refractivity contribution in [1.29, 1.82) is 0 Å². The number of amides is 1. The molecule has 0 fully saturated rings. The molecule has 7 nitrogen and oxygen atoms in total. The third-order valence-electron chi connectivity index (χ3n) is 3.49. The molecule has 0 radical (unpaired) electrons. The summed E-state index contributed by atoms with van der Waals surface area (Å²) in [5.41, 5.74) is 1.65. The highest BCUT2D eigenvalue weighted by atomic mass is 35.5. The molecule has 1 aromatic carbocycles. The predicted molar refractivity (Wildman–Crippen MR) is 101 cm³/mol. The summed E-state index contributed by atoms with van der Waals surface area (Å²) in [6.45, 7) is 4.63. The van der Waals surface area contributed by atoms with E-state index >= 15 is 0 Å². The van der Waals surface area contributed by atoms with Gasteiger partial charge in [-0.05, 0) is 37.6 Å². The van der Waals surface area contributed by atoms with Crippen LogP contribution in [0.2, 0.25) is 5.02 Å². The minimum Gasteiger partial charge on any atom is -0.338 e. The van der Waals surface area contributed by atoms with Crippen LogP contribution < -0.4 is 5.32 Å². The lowest BCUT2D eigenvalue weighted by atomic mass is 10.2. The molecule has 0 spiro atoms. The highest BCUT2D eigenvalue weighted by Crippen LogP contribution is 2.25. The van der Waals surface area contributed by atoms with Crippen LogP contribution in [0.15, 0.2) is 40.0 Å². The first-order valence-corrected chi connectivity index (χ1v) is 9.48. The third kappa shape index (κ3) is 4.44. The van der Waals surface area contributed by atoms with Gasteiger partial charge in [-0.1, -0.05) is 35.4 Å². The third-order valence-corrected chi connectivity index (χ3v) is 4.71. The molecule has 0 atom stereocenters. The standard InChI is InChI=1S/C17H18ClN5O2S/c1-3-8-23-16(12-4-6-13(18)7-5-12)20-21-17(23)26-10-14(24)19-15-9-11(2)22-25-15/h4-7,9H,3,8,10H2,1-2H3,(H,19,24). The summed E-state index contributed by atoms with van der Waals surface area (Å²) in [7, 11) is 0. The van der Waals surface area contributed by atoms with Crippen molar-refractivity contribution in [2.24, 2.45) is 0 Å². The zero-order valence-corrected chi connectivity index (χ0v) is 16.0. The molecule has 0 aliphatic carbocycles. The van der Waals surface area contributed by atoms with Gasteiger partial charge < -0.3 is 9.09 Å². The van der Waals surface area contributed by atoms with Crippen LogP contribution in [0.5, 0.6) is 0 Å². The van der Waals surface area contributed by atoms with Crippen LogP contribution in [0.25, 0.3) is 11.4 Å². The number of rotatable bonds is 7. The smallest absolute Gasteiger partial charge is 0.237 e. The number of aromatic nitrogens is 4. The second-order valence-electron chi connectivity index (χ2n) is 5.63. The van der Waals surface area contributed by atoms with Gasteiger partial charge in [0, 0.05) is 23.2 Å². The molecule has 26 heavy (non-hydrogen) atoms. The summed E-state index contributed by atoms with van der Waals surface area (Å²) in [6, 6.07) is 9.13. The molecule has 0 bridgehead atoms. The number of thioether (sulfide) groups is 1. The van der Waals surface area contributed by atoms with Crippen LogP contribution in [-0.2, 0) is 11.3 Å². The fourth-order valence-corrected chi connectivity index (χ4v) is 3.25. The molecule has 9 heteroatoms. The Hall–Kier alpha value is -2.32. The minimum absolute atomic E-state index is 0.190. The number of carbonyl (C=O) groups excluding carboxylic acids is 1. The zero-order valence-electron chi connectivity index (χ0n) is 14.4. The average molecular weight is 392 g/mol. The molecule has 0 unspecified atom stereocenters. The van der Waals surface area contributed by atoms with Crippen molar-refractivity contribution >= 4 is 35.2 Å². The van der Waals surface area contributed by atoms with Crippen molar-refractivity contribution in [3.63, 3.8) is 0 Å². The van der Waals surface area contributed by atoms with Gasteiger partial charge in [-0.2, -0.15) is 0 Å². The summed E-state index contributed by atoms with van der Waals surface area (Å²) in [6.07, 6.45) is 0.926. The van der Waals surface area contributed by atoms with Gasteiger partial charge in [0.05, 0.1) is 11.4 Å². The van der Waals surface area contributed by atoms with Crippen molar-refractivity contribution < 1.29 is 9.32 Å². The molecule has 3 rings (SSSR count). The van der Waals surface area contributed by atoms with E-state index in [0.717, 1.165) is 24.4 Å². The van der Waals surface area contributed by atoms with E-state index in [1.165, 1.54) is 11.8 Å². The number of benzene rings is 1. The number of nitrogens with zero attached hydrogens (tertiary/aromatic N) is 4. The molecule has 0 aliphatic rings. The number of aryl methyl sites for hydroxylation is 1. The largest absolute Gasteiger partial charge is 0.338 e. The van der Waals surface area contributed by atoms with Gasteiger partial charge >= 0.3 is 0 Å². The Bertz CT molecular complexity index is 891. The summed E-state index contributed by atoms with van der Waals surface area (Å²) >= 11 is 7.28. The Morgan fingerprint density at radius 3 is 2.73 bits per heavy atom. The van der Waals surface area contributed by atoms with Crippen molar-refractivity contribution in [2.45, 2.75) is 32.0 Å². The molecule has 2 aromatic heterocycles. The first-order valence-electron chi connectivity index (χ1n) is 8.12. The van der Waals surface area contributed by atoms with E-state index in [0.29, 0.717) is 21.8 Å². The van der Waals surface area contributed by atoms with Crippen LogP contribution in [0.3, 0.4) is 0 Å². The molecule has 1 N–H and O–H groups in total. The van der Waals surface area contributed by atoms with Crippen LogP contribution in [0.1, 0.15) is 19.0 Å². The van der Waals surface area contributed by atoms with Gasteiger partial charge in [-0.3, -0.25) is 10.1 Å². The van der Waals surface area contributed by atoms with Crippen LogP contribution >= 0.6 is 23.4 Å². The summed E-state index contributed by atoms with van der Waals surface area (Å²) in [5, 5.41) is 16.3. The zero-order chi connectivity index (χ0) is 18.5. The van der Waals surface area contributed by atoms with Gasteiger partial charge in [0.2, 0.25) is 11.8 Å². The molecular formula is C17H18ClN5O2S. The Morgan fingerprint density at radius 2 is 2.08 bits per heavy atom. The quantitative estimate of drug-likeness (QED) is 0.612. The summed E-state index contributed by atoms with van der Waals surface area (Å²) in [4.78, 5) is 12.1. The second-order valence-corrected chi connectivity index (χ2v) is 7.01. The fourth-order valence-electron chi connectivity index (χ4n) is 2.36. The second kappa shape index (κ2) is 8.37. The first kappa shape index (κ1) is 18.5. The minimum atomic E-state index is -0.190. The molecule has 0 aliphatic heterocycles. The lowest BCUT2D eigenvalue weighted by Crippen LogP contribution is -2.14. The number of halogens is 1. The predicted octanol–water partition coefficient (Wildman–Crippen LogP) is 4.04. The topological polar surface area (TPSA) is 85.8 Å². The number of hydrogen-bond acceptors (Lipinski definition) is 6. The highest BCUT2D eigenvalue weighted by molar-refractivity contribution is 7.99. The van der Waals surface area contributed by atoms with Gasteiger partial charge in [-0.15, -0.1) is 10.2 Å². The molecule has 0 saturated carbocycles. The Balaban J connectivity index is 1.71. The van der Waals surface area contributed by atoms with E-state index in [2.05, 4.69) is 27.6 Å². The van der Waals surface area contributed by atoms with Crippen LogP contribution in [-0.4, -0.2) is 31.6 Å². The Labute approximate surface area is 160 Å². The number of carbonyl (C=O) groups is 1. The maximum Gasteiger partial charge on any atom is 0.237 e. The average Bonchev–Trinajstić information content (AvgIpc) is 3.20. The number of anilines is 1. The highest BCUT2D eigenvalue weighted by Gasteiger charge is 2.16. The van der Waals surface area contributed by atoms with E-state index in [1.54, 1.807) is 13.0 Å². The van der Waals surface area contributed by atoms with Crippen LogP contribution in [0.4, 0.5) is 5.88 Å². The lowest BCUT2D eigenvalue weighted by Gasteiger charge is -2.08. The lowest BCUT2D eigenvalue weighted by molar-refractivity contribution is -0.113. The monoisotopic (exact) mass is 391 g/mol. The fraction of sp³-hybridized carbons (Fsp3) is 0.294. The molecular weight excluding hydrogens is 374 g/mol. The van der Waals surface area contributed by atoms with Crippen molar-refractivity contribution in [2.75, 3.05) is 11.1 Å². The number of nitrogens with one attached hydrogen (secondary N) is 1. The van der Waals surface area contributed by atoms with Gasteiger partial charge in [0.1, 0.15) is 0 Å². The van der Waals surface area contributed by atoms with Crippen molar-refractivity contribution in [1.82, 2.24) is 19.9 Å². The summed E-state index contributed by atoms with van der Waals surface area (Å²) < 4.78 is 7.00. The van der Waals surface area contributed by atoms with E-state index in [4.69, 9.17) is 16.1 Å². The van der Waals surface area contributed by atoms with E-state index in [9.17, 15) is 4.79 Å². The van der Waals surface area contributed by atoms with Crippen molar-refractivity contribution in [3.05, 3.63) is 41.0 Å². The van der Waals surface area contributed by atoms with Crippen LogP contribution in [0, 0.1) is 6.92 Å². The summed E-state index contributed by atoms with van der Waals surface area (Å²) in [5.74, 6) is 1.11. The first-order chi connectivity index (χ1) is 12.6. The molecule has 3 aromatic rings. The Morgan fingerprint density at radius 1 is 1.31 bits per heavy atom.